The Labute approximate surface area is 153 Å². The van der Waals surface area contributed by atoms with Crippen LogP contribution in [0.4, 0.5) is 4.39 Å². The lowest BCUT2D eigenvalue weighted by Gasteiger charge is -2.31. The highest BCUT2D eigenvalue weighted by Crippen LogP contribution is 2.33. The molecule has 140 valence electrons. The van der Waals surface area contributed by atoms with Crippen molar-refractivity contribution in [1.29, 1.82) is 5.26 Å². The lowest BCUT2D eigenvalue weighted by atomic mass is 9.80. The maximum atomic E-state index is 12.7. The van der Waals surface area contributed by atoms with Gasteiger partial charge in [0.15, 0.2) is 5.83 Å². The highest BCUT2D eigenvalue weighted by molar-refractivity contribution is 5.19. The van der Waals surface area contributed by atoms with Gasteiger partial charge in [0.2, 0.25) is 0 Å². The van der Waals surface area contributed by atoms with E-state index in [1.54, 1.807) is 6.08 Å². The van der Waals surface area contributed by atoms with Crippen LogP contribution >= 0.6 is 0 Å². The van der Waals surface area contributed by atoms with E-state index in [1.807, 2.05) is 6.08 Å². The number of rotatable bonds is 8. The predicted octanol–water partition coefficient (Wildman–Crippen LogP) is 6.49. The summed E-state index contributed by atoms with van der Waals surface area (Å²) in [4.78, 5) is 0. The minimum atomic E-state index is -0.724. The van der Waals surface area contributed by atoms with Gasteiger partial charge in [-0.05, 0) is 62.4 Å². The molecule has 0 radical (unpaired) electrons. The molecule has 2 aliphatic carbocycles. The van der Waals surface area contributed by atoms with Gasteiger partial charge >= 0.3 is 0 Å². The fourth-order valence-corrected chi connectivity index (χ4v) is 4.23. The Morgan fingerprint density at radius 3 is 2.40 bits per heavy atom. The molecule has 0 heterocycles. The standard InChI is InChI=1S/C22H34FNO/c1-2-3-5-18-8-10-20(11-9-18)17-25-22-14-12-19(13-15-22)6-4-7-21(23)16-24/h4,6-7,18-20,22H,2-3,5,8-15,17H2,1H3/t18-,19-,20-,22-. The average Bonchev–Trinajstić information content (AvgIpc) is 2.66. The number of nitriles is 1. The van der Waals surface area contributed by atoms with Gasteiger partial charge in [0.1, 0.15) is 6.07 Å². The van der Waals surface area contributed by atoms with Gasteiger partial charge in [-0.15, -0.1) is 0 Å². The Bertz CT molecular complexity index is 463. The molecule has 0 aromatic rings. The van der Waals surface area contributed by atoms with Crippen molar-refractivity contribution in [3.8, 4) is 6.07 Å². The lowest BCUT2D eigenvalue weighted by molar-refractivity contribution is -0.00662. The van der Waals surface area contributed by atoms with Crippen LogP contribution in [-0.4, -0.2) is 12.7 Å². The van der Waals surface area contributed by atoms with Gasteiger partial charge in [-0.25, -0.2) is 0 Å². The van der Waals surface area contributed by atoms with Gasteiger partial charge in [0, 0.05) is 6.61 Å². The number of nitrogens with zero attached hydrogens (tertiary/aromatic N) is 1. The summed E-state index contributed by atoms with van der Waals surface area (Å²) in [5, 5.41) is 8.38. The molecule has 25 heavy (non-hydrogen) atoms. The van der Waals surface area contributed by atoms with E-state index in [1.165, 1.54) is 57.1 Å². The van der Waals surface area contributed by atoms with Crippen LogP contribution in [0.15, 0.2) is 24.1 Å². The molecular weight excluding hydrogens is 313 g/mol. The topological polar surface area (TPSA) is 33.0 Å². The fraction of sp³-hybridized carbons (Fsp3) is 0.773. The Morgan fingerprint density at radius 2 is 1.76 bits per heavy atom. The number of halogens is 1. The molecule has 2 saturated carbocycles. The predicted molar refractivity (Wildman–Crippen MR) is 101 cm³/mol. The molecule has 0 atom stereocenters. The lowest BCUT2D eigenvalue weighted by Crippen LogP contribution is -2.25. The molecule has 0 bridgehead atoms. The molecule has 3 heteroatoms. The number of allylic oxidation sites excluding steroid dienone is 4. The Kier molecular flexibility index (Phi) is 9.26. The molecule has 2 aliphatic rings. The summed E-state index contributed by atoms with van der Waals surface area (Å²) in [6.07, 6.45) is 19.4. The third-order valence-electron chi connectivity index (χ3n) is 5.95. The van der Waals surface area contributed by atoms with E-state index in [9.17, 15) is 4.39 Å². The summed E-state index contributed by atoms with van der Waals surface area (Å²) in [5.41, 5.74) is 0. The molecule has 2 fully saturated rings. The van der Waals surface area contributed by atoms with Crippen molar-refractivity contribution in [2.24, 2.45) is 17.8 Å². The number of unbranched alkanes of at least 4 members (excludes halogenated alkanes) is 1. The Balaban J connectivity index is 1.58. The fourth-order valence-electron chi connectivity index (χ4n) is 4.23. The molecular formula is C22H34FNO. The summed E-state index contributed by atoms with van der Waals surface area (Å²) >= 11 is 0. The summed E-state index contributed by atoms with van der Waals surface area (Å²) in [5.74, 6) is 1.52. The number of ether oxygens (including phenoxy) is 1. The van der Waals surface area contributed by atoms with Crippen molar-refractivity contribution < 1.29 is 9.13 Å². The summed E-state index contributed by atoms with van der Waals surface area (Å²) in [6.45, 7) is 3.23. The number of hydrogen-bond acceptors (Lipinski definition) is 2. The zero-order valence-electron chi connectivity index (χ0n) is 15.8. The van der Waals surface area contributed by atoms with Gasteiger partial charge in [-0.3, -0.25) is 0 Å². The van der Waals surface area contributed by atoms with E-state index in [0.29, 0.717) is 12.0 Å². The molecule has 0 N–H and O–H groups in total. The van der Waals surface area contributed by atoms with Crippen molar-refractivity contribution in [2.75, 3.05) is 6.61 Å². The molecule has 0 saturated heterocycles. The number of hydrogen-bond donors (Lipinski definition) is 0. The Hall–Kier alpha value is -1.14. The smallest absolute Gasteiger partial charge is 0.199 e. The van der Waals surface area contributed by atoms with E-state index < -0.39 is 5.83 Å². The van der Waals surface area contributed by atoms with Gasteiger partial charge in [0.25, 0.3) is 0 Å². The van der Waals surface area contributed by atoms with Gasteiger partial charge in [-0.2, -0.15) is 9.65 Å². The van der Waals surface area contributed by atoms with E-state index in [2.05, 4.69) is 6.92 Å². The summed E-state index contributed by atoms with van der Waals surface area (Å²) in [7, 11) is 0. The molecule has 0 aromatic carbocycles. The second-order valence-electron chi connectivity index (χ2n) is 7.91. The summed E-state index contributed by atoms with van der Waals surface area (Å²) in [6, 6.07) is 1.49. The highest BCUT2D eigenvalue weighted by Gasteiger charge is 2.24. The van der Waals surface area contributed by atoms with Crippen LogP contribution < -0.4 is 0 Å². The van der Waals surface area contributed by atoms with E-state index in [4.69, 9.17) is 10.00 Å². The molecule has 0 aromatic heterocycles. The average molecular weight is 348 g/mol. The van der Waals surface area contributed by atoms with Crippen LogP contribution in [0.3, 0.4) is 0 Å². The van der Waals surface area contributed by atoms with Crippen LogP contribution in [0.5, 0.6) is 0 Å². The first-order valence-corrected chi connectivity index (χ1v) is 10.3. The third kappa shape index (κ3) is 7.74. The highest BCUT2D eigenvalue weighted by atomic mass is 19.1. The van der Waals surface area contributed by atoms with Crippen LogP contribution in [-0.2, 0) is 4.74 Å². The van der Waals surface area contributed by atoms with Crippen molar-refractivity contribution in [3.63, 3.8) is 0 Å². The first-order valence-electron chi connectivity index (χ1n) is 10.3. The van der Waals surface area contributed by atoms with Gasteiger partial charge in [-0.1, -0.05) is 51.2 Å². The van der Waals surface area contributed by atoms with Crippen LogP contribution in [0, 0.1) is 29.1 Å². The largest absolute Gasteiger partial charge is 0.378 e. The van der Waals surface area contributed by atoms with Crippen molar-refractivity contribution in [3.05, 3.63) is 24.1 Å². The van der Waals surface area contributed by atoms with Gasteiger partial charge < -0.3 is 4.74 Å². The van der Waals surface area contributed by atoms with Crippen molar-refractivity contribution in [2.45, 2.75) is 83.7 Å². The zero-order valence-corrected chi connectivity index (χ0v) is 15.8. The monoisotopic (exact) mass is 347 g/mol. The van der Waals surface area contributed by atoms with Crippen molar-refractivity contribution >= 4 is 0 Å². The second-order valence-corrected chi connectivity index (χ2v) is 7.91. The van der Waals surface area contributed by atoms with Crippen LogP contribution in [0.2, 0.25) is 0 Å². The molecule has 0 spiro atoms. The third-order valence-corrected chi connectivity index (χ3v) is 5.95. The minimum Gasteiger partial charge on any atom is -0.378 e. The second kappa shape index (κ2) is 11.5. The van der Waals surface area contributed by atoms with Crippen LogP contribution in [0.1, 0.15) is 77.6 Å². The quantitative estimate of drug-likeness (QED) is 0.371. The molecule has 2 nitrogen and oxygen atoms in total. The summed E-state index contributed by atoms with van der Waals surface area (Å²) < 4.78 is 18.9. The first-order chi connectivity index (χ1) is 12.2. The first kappa shape index (κ1) is 20.2. The molecule has 0 amide bonds. The van der Waals surface area contributed by atoms with Gasteiger partial charge in [0.05, 0.1) is 6.10 Å². The minimum absolute atomic E-state index is 0.411. The van der Waals surface area contributed by atoms with E-state index in [0.717, 1.165) is 44.1 Å². The van der Waals surface area contributed by atoms with Crippen molar-refractivity contribution in [1.82, 2.24) is 0 Å². The maximum absolute atomic E-state index is 12.7. The normalized spacial score (nSPS) is 31.2. The SMILES string of the molecule is CCCC[C@H]1CC[C@H](CO[C@H]2CC[C@H](C=CC=C(F)C#N)CC2)CC1. The zero-order chi connectivity index (χ0) is 17.9. The molecule has 0 aliphatic heterocycles. The Morgan fingerprint density at radius 1 is 1.08 bits per heavy atom. The van der Waals surface area contributed by atoms with Crippen LogP contribution in [0.25, 0.3) is 0 Å². The van der Waals surface area contributed by atoms with E-state index >= 15 is 0 Å². The van der Waals surface area contributed by atoms with E-state index in [-0.39, 0.29) is 0 Å². The molecule has 2 rings (SSSR count). The maximum Gasteiger partial charge on any atom is 0.199 e. The molecule has 0 unspecified atom stereocenters.